The van der Waals surface area contributed by atoms with Gasteiger partial charge >= 0.3 is 5.97 Å². The van der Waals surface area contributed by atoms with E-state index in [-0.39, 0.29) is 18.9 Å². The number of benzene rings is 2. The number of rotatable bonds is 2. The first kappa shape index (κ1) is 13.5. The van der Waals surface area contributed by atoms with E-state index in [2.05, 4.69) is 0 Å². The standard InChI is InChI=1S/C18H14O6/c1-20-11-4-3-8-9(16(11)21-2)5-12-14-10(18(19)24-12)6-13-17(15(8)14)23-7-22-13/h3-4,6,12H,5,7H2,1-2H3. The first-order valence-corrected chi connectivity index (χ1v) is 7.64. The van der Waals surface area contributed by atoms with Gasteiger partial charge in [-0.3, -0.25) is 0 Å². The predicted molar refractivity (Wildman–Crippen MR) is 83.0 cm³/mol. The molecule has 2 aliphatic heterocycles. The van der Waals surface area contributed by atoms with E-state index in [1.807, 2.05) is 12.1 Å². The zero-order valence-electron chi connectivity index (χ0n) is 13.2. The van der Waals surface area contributed by atoms with E-state index in [1.54, 1.807) is 20.3 Å². The minimum absolute atomic E-state index is 0.146. The van der Waals surface area contributed by atoms with Crippen molar-refractivity contribution < 1.29 is 28.5 Å². The lowest BCUT2D eigenvalue weighted by Crippen LogP contribution is -2.12. The van der Waals surface area contributed by atoms with Crippen molar-refractivity contribution in [2.75, 3.05) is 21.0 Å². The third-order valence-electron chi connectivity index (χ3n) is 4.80. The van der Waals surface area contributed by atoms with E-state index in [4.69, 9.17) is 23.7 Å². The topological polar surface area (TPSA) is 63.2 Å². The molecule has 2 heterocycles. The SMILES string of the molecule is COc1ccc2c(c1OC)CC1OC(=O)c3cc4c(c-2c31)OCO4. The van der Waals surface area contributed by atoms with E-state index in [1.165, 1.54) is 0 Å². The predicted octanol–water partition coefficient (Wildman–Crippen LogP) is 2.87. The van der Waals surface area contributed by atoms with E-state index in [9.17, 15) is 4.79 Å². The van der Waals surface area contributed by atoms with Crippen LogP contribution < -0.4 is 18.9 Å². The van der Waals surface area contributed by atoms with Crippen LogP contribution in [0.25, 0.3) is 11.1 Å². The summed E-state index contributed by atoms with van der Waals surface area (Å²) in [5.41, 5.74) is 4.20. The fraction of sp³-hybridized carbons (Fsp3) is 0.278. The van der Waals surface area contributed by atoms with Gasteiger partial charge in [0.2, 0.25) is 6.79 Å². The Bertz CT molecular complexity index is 901. The first-order chi connectivity index (χ1) is 11.7. The number of carbonyl (C=O) groups excluding carboxylic acids is 1. The van der Waals surface area contributed by atoms with E-state index in [0.29, 0.717) is 35.0 Å². The molecule has 0 aromatic heterocycles. The summed E-state index contributed by atoms with van der Waals surface area (Å²) in [5.74, 6) is 2.21. The molecule has 5 rings (SSSR count). The van der Waals surface area contributed by atoms with E-state index >= 15 is 0 Å². The lowest BCUT2D eigenvalue weighted by atomic mass is 9.81. The fourth-order valence-electron chi connectivity index (χ4n) is 3.84. The zero-order valence-corrected chi connectivity index (χ0v) is 13.2. The van der Waals surface area contributed by atoms with Crippen LogP contribution in [0, 0.1) is 0 Å². The van der Waals surface area contributed by atoms with Gasteiger partial charge in [-0.25, -0.2) is 4.79 Å². The maximum Gasteiger partial charge on any atom is 0.339 e. The summed E-state index contributed by atoms with van der Waals surface area (Å²) in [5, 5.41) is 0. The number of ether oxygens (including phenoxy) is 5. The number of hydrogen-bond donors (Lipinski definition) is 0. The molecule has 1 unspecified atom stereocenters. The Morgan fingerprint density at radius 3 is 2.79 bits per heavy atom. The molecule has 2 aromatic rings. The highest BCUT2D eigenvalue weighted by atomic mass is 16.7. The Morgan fingerprint density at radius 1 is 1.12 bits per heavy atom. The van der Waals surface area contributed by atoms with Crippen LogP contribution in [0.4, 0.5) is 0 Å². The Labute approximate surface area is 137 Å². The van der Waals surface area contributed by atoms with Gasteiger partial charge in [-0.05, 0) is 23.8 Å². The molecule has 0 bridgehead atoms. The van der Waals surface area contributed by atoms with Crippen LogP contribution in [0.1, 0.15) is 27.6 Å². The van der Waals surface area contributed by atoms with Crippen molar-refractivity contribution in [3.63, 3.8) is 0 Å². The Kier molecular flexibility index (Phi) is 2.58. The Hall–Kier alpha value is -2.89. The molecule has 0 radical (unpaired) electrons. The molecule has 0 fully saturated rings. The lowest BCUT2D eigenvalue weighted by molar-refractivity contribution is 0.0383. The van der Waals surface area contributed by atoms with Crippen molar-refractivity contribution >= 4 is 5.97 Å². The van der Waals surface area contributed by atoms with Crippen molar-refractivity contribution in [2.45, 2.75) is 12.5 Å². The highest BCUT2D eigenvalue weighted by molar-refractivity contribution is 6.01. The third kappa shape index (κ3) is 1.52. The van der Waals surface area contributed by atoms with Crippen LogP contribution in [-0.4, -0.2) is 27.0 Å². The largest absolute Gasteiger partial charge is 0.493 e. The summed E-state index contributed by atoms with van der Waals surface area (Å²) < 4.78 is 27.7. The number of esters is 1. The van der Waals surface area contributed by atoms with Gasteiger partial charge in [0.1, 0.15) is 6.10 Å². The summed E-state index contributed by atoms with van der Waals surface area (Å²) >= 11 is 0. The van der Waals surface area contributed by atoms with E-state index in [0.717, 1.165) is 22.3 Å². The highest BCUT2D eigenvalue weighted by Crippen LogP contribution is 2.56. The monoisotopic (exact) mass is 326 g/mol. The van der Waals surface area contributed by atoms with Crippen molar-refractivity contribution in [3.8, 4) is 34.1 Å². The molecule has 0 saturated carbocycles. The molecule has 6 nitrogen and oxygen atoms in total. The van der Waals surface area contributed by atoms with Crippen LogP contribution in [0.3, 0.4) is 0 Å². The molecular formula is C18H14O6. The first-order valence-electron chi connectivity index (χ1n) is 7.64. The quantitative estimate of drug-likeness (QED) is 0.791. The Morgan fingerprint density at radius 2 is 2.00 bits per heavy atom. The minimum atomic E-state index is -0.342. The summed E-state index contributed by atoms with van der Waals surface area (Å²) in [6.07, 6.45) is 0.201. The second-order valence-electron chi connectivity index (χ2n) is 5.87. The normalized spacial score (nSPS) is 18.8. The summed E-state index contributed by atoms with van der Waals surface area (Å²) in [6.45, 7) is 0.146. The molecule has 122 valence electrons. The molecule has 6 heteroatoms. The zero-order chi connectivity index (χ0) is 16.4. The van der Waals surface area contributed by atoms with Crippen molar-refractivity contribution in [1.29, 1.82) is 0 Å². The molecule has 0 N–H and O–H groups in total. The van der Waals surface area contributed by atoms with Gasteiger partial charge < -0.3 is 23.7 Å². The van der Waals surface area contributed by atoms with Crippen molar-refractivity contribution in [2.24, 2.45) is 0 Å². The third-order valence-corrected chi connectivity index (χ3v) is 4.80. The second kappa shape index (κ2) is 4.56. The Balaban J connectivity index is 1.86. The van der Waals surface area contributed by atoms with Crippen molar-refractivity contribution in [1.82, 2.24) is 0 Å². The van der Waals surface area contributed by atoms with Gasteiger partial charge in [0.05, 0.1) is 19.8 Å². The van der Waals surface area contributed by atoms with Gasteiger partial charge in [-0.15, -0.1) is 0 Å². The van der Waals surface area contributed by atoms with Crippen LogP contribution in [-0.2, 0) is 11.2 Å². The number of hydrogen-bond acceptors (Lipinski definition) is 6. The summed E-state index contributed by atoms with van der Waals surface area (Å²) in [6, 6.07) is 5.54. The summed E-state index contributed by atoms with van der Waals surface area (Å²) in [4.78, 5) is 12.3. The molecule has 0 amide bonds. The van der Waals surface area contributed by atoms with Gasteiger partial charge in [0, 0.05) is 23.1 Å². The summed E-state index contributed by atoms with van der Waals surface area (Å²) in [7, 11) is 3.21. The molecule has 0 spiro atoms. The van der Waals surface area contributed by atoms with Crippen LogP contribution >= 0.6 is 0 Å². The van der Waals surface area contributed by atoms with Crippen LogP contribution in [0.2, 0.25) is 0 Å². The molecule has 24 heavy (non-hydrogen) atoms. The van der Waals surface area contributed by atoms with Gasteiger partial charge in [-0.2, -0.15) is 0 Å². The number of fused-ring (bicyclic) bond motifs is 4. The maximum atomic E-state index is 12.3. The highest BCUT2D eigenvalue weighted by Gasteiger charge is 2.43. The minimum Gasteiger partial charge on any atom is -0.493 e. The number of methoxy groups -OCH3 is 2. The molecule has 3 aliphatic rings. The molecule has 1 aliphatic carbocycles. The van der Waals surface area contributed by atoms with Gasteiger partial charge in [-0.1, -0.05) is 0 Å². The molecule has 1 atom stereocenters. The average molecular weight is 326 g/mol. The average Bonchev–Trinajstić information content (AvgIpc) is 3.19. The second-order valence-corrected chi connectivity index (χ2v) is 5.87. The van der Waals surface area contributed by atoms with Crippen LogP contribution in [0.5, 0.6) is 23.0 Å². The smallest absolute Gasteiger partial charge is 0.339 e. The van der Waals surface area contributed by atoms with Crippen molar-refractivity contribution in [3.05, 3.63) is 34.9 Å². The number of carbonyl (C=O) groups is 1. The van der Waals surface area contributed by atoms with Gasteiger partial charge in [0.25, 0.3) is 0 Å². The fourth-order valence-corrected chi connectivity index (χ4v) is 3.84. The molecule has 0 saturated heterocycles. The van der Waals surface area contributed by atoms with Gasteiger partial charge in [0.15, 0.2) is 23.0 Å². The molecular weight excluding hydrogens is 312 g/mol. The lowest BCUT2D eigenvalue weighted by Gasteiger charge is -2.26. The molecule has 2 aromatic carbocycles. The van der Waals surface area contributed by atoms with Crippen LogP contribution in [0.15, 0.2) is 18.2 Å². The maximum absolute atomic E-state index is 12.3. The van der Waals surface area contributed by atoms with E-state index < -0.39 is 0 Å².